The van der Waals surface area contributed by atoms with E-state index in [-0.39, 0.29) is 11.2 Å². The van der Waals surface area contributed by atoms with Gasteiger partial charge in [0.25, 0.3) is 0 Å². The number of carbonyl (C=O) groups excluding carboxylic acids is 1. The topological polar surface area (TPSA) is 97.1 Å². The molecule has 2 aliphatic rings. The Morgan fingerprint density at radius 3 is 2.45 bits per heavy atom. The molecule has 1 aliphatic carbocycles. The summed E-state index contributed by atoms with van der Waals surface area (Å²) in [5.74, 6) is 3.21. The maximum Gasteiger partial charge on any atom is 0.228 e. The summed E-state index contributed by atoms with van der Waals surface area (Å²) in [4.78, 5) is 23.1. The van der Waals surface area contributed by atoms with Crippen molar-refractivity contribution in [2.75, 3.05) is 21.3 Å². The van der Waals surface area contributed by atoms with Gasteiger partial charge in [-0.2, -0.15) is 0 Å². The lowest BCUT2D eigenvalue weighted by molar-refractivity contribution is -0.118. The molecule has 9 heteroatoms. The second-order valence-electron chi connectivity index (χ2n) is 10.3. The SMILES string of the molecule is COc1ccc(C2C3=C(CC(C)(C)CC3=O)Oc3ncn4nc(-c5ccc(OC)c(OC)c5)nc4c32)cc1. The number of benzene rings is 2. The van der Waals surface area contributed by atoms with Gasteiger partial charge >= 0.3 is 0 Å². The third-order valence-corrected chi connectivity index (χ3v) is 7.15. The Kier molecular flexibility index (Phi) is 5.59. The minimum absolute atomic E-state index is 0.0735. The van der Waals surface area contributed by atoms with Crippen LogP contribution in [0.5, 0.6) is 23.1 Å². The number of allylic oxidation sites excluding steroid dienone is 2. The molecule has 1 atom stereocenters. The highest BCUT2D eigenvalue weighted by Crippen LogP contribution is 2.50. The van der Waals surface area contributed by atoms with E-state index in [1.54, 1.807) is 32.2 Å². The van der Waals surface area contributed by atoms with Gasteiger partial charge in [0.2, 0.25) is 5.88 Å². The molecule has 38 heavy (non-hydrogen) atoms. The Bertz CT molecular complexity index is 1600. The predicted molar refractivity (Wildman–Crippen MR) is 140 cm³/mol. The van der Waals surface area contributed by atoms with Gasteiger partial charge < -0.3 is 18.9 Å². The van der Waals surface area contributed by atoms with E-state index in [1.807, 2.05) is 42.5 Å². The van der Waals surface area contributed by atoms with Crippen LogP contribution in [0, 0.1) is 5.41 Å². The summed E-state index contributed by atoms with van der Waals surface area (Å²) in [6.07, 6.45) is 2.69. The molecule has 194 valence electrons. The Balaban J connectivity index is 1.55. The molecule has 4 aromatic rings. The molecule has 1 aliphatic heterocycles. The number of methoxy groups -OCH3 is 3. The van der Waals surface area contributed by atoms with Crippen LogP contribution < -0.4 is 18.9 Å². The van der Waals surface area contributed by atoms with Gasteiger partial charge in [0.05, 0.1) is 26.9 Å². The van der Waals surface area contributed by atoms with Crippen molar-refractivity contribution in [2.24, 2.45) is 5.41 Å². The second kappa shape index (κ2) is 8.86. The fraction of sp³-hybridized carbons (Fsp3) is 0.310. The fourth-order valence-corrected chi connectivity index (χ4v) is 5.37. The van der Waals surface area contributed by atoms with Gasteiger partial charge in [-0.3, -0.25) is 4.79 Å². The molecule has 9 nitrogen and oxygen atoms in total. The van der Waals surface area contributed by atoms with Crippen LogP contribution in [0.15, 0.2) is 60.1 Å². The van der Waals surface area contributed by atoms with Crippen LogP contribution >= 0.6 is 0 Å². The summed E-state index contributed by atoms with van der Waals surface area (Å²) < 4.78 is 24.2. The molecular weight excluding hydrogens is 484 g/mol. The Morgan fingerprint density at radius 1 is 0.974 bits per heavy atom. The monoisotopic (exact) mass is 512 g/mol. The van der Waals surface area contributed by atoms with Gasteiger partial charge in [-0.1, -0.05) is 26.0 Å². The van der Waals surface area contributed by atoms with Gasteiger partial charge in [-0.25, -0.2) is 14.5 Å². The highest BCUT2D eigenvalue weighted by atomic mass is 16.5. The van der Waals surface area contributed by atoms with E-state index < -0.39 is 5.92 Å². The average Bonchev–Trinajstić information content (AvgIpc) is 3.35. The minimum atomic E-state index is -0.401. The number of Topliss-reactive ketones (excluding diaryl/α,β-unsaturated/α-hetero) is 1. The van der Waals surface area contributed by atoms with Crippen LogP contribution in [0.4, 0.5) is 0 Å². The first-order chi connectivity index (χ1) is 18.3. The van der Waals surface area contributed by atoms with Gasteiger partial charge in [0.15, 0.2) is 28.8 Å². The van der Waals surface area contributed by atoms with Gasteiger partial charge in [0, 0.05) is 29.9 Å². The third kappa shape index (κ3) is 3.86. The van der Waals surface area contributed by atoms with Gasteiger partial charge in [-0.15, -0.1) is 5.10 Å². The quantitative estimate of drug-likeness (QED) is 0.369. The Hall–Kier alpha value is -4.40. The average molecular weight is 513 g/mol. The molecule has 3 heterocycles. The van der Waals surface area contributed by atoms with Crippen LogP contribution in [0.25, 0.3) is 17.0 Å². The Morgan fingerprint density at radius 2 is 1.74 bits per heavy atom. The van der Waals surface area contributed by atoms with Crippen LogP contribution in [-0.4, -0.2) is 46.7 Å². The zero-order valence-corrected chi connectivity index (χ0v) is 21.9. The number of nitrogens with zero attached hydrogens (tertiary/aromatic N) is 4. The first-order valence-electron chi connectivity index (χ1n) is 12.4. The molecule has 1 unspecified atom stereocenters. The van der Waals surface area contributed by atoms with E-state index in [4.69, 9.17) is 29.0 Å². The standard InChI is InChI=1S/C29H28N4O5/c1-29(2)13-19(34)24-22(14-29)38-28-25(23(24)16-6-9-18(35-3)10-7-16)27-31-26(32-33(27)15-30-28)17-8-11-20(36-4)21(12-17)37-5/h6-12,15,23H,13-14H2,1-5H3. The maximum atomic E-state index is 13.6. The summed E-state index contributed by atoms with van der Waals surface area (Å²) in [6, 6.07) is 13.3. The first kappa shape index (κ1) is 24.0. The van der Waals surface area contributed by atoms with E-state index in [9.17, 15) is 4.79 Å². The van der Waals surface area contributed by atoms with Crippen molar-refractivity contribution in [1.82, 2.24) is 19.6 Å². The molecule has 0 bridgehead atoms. The number of hydrogen-bond donors (Lipinski definition) is 0. The van der Waals surface area contributed by atoms with E-state index in [0.29, 0.717) is 58.6 Å². The minimum Gasteiger partial charge on any atom is -0.497 e. The van der Waals surface area contributed by atoms with E-state index in [1.165, 1.54) is 0 Å². The number of fused-ring (bicyclic) bond motifs is 3. The number of hydrogen-bond acceptors (Lipinski definition) is 8. The molecule has 0 radical (unpaired) electrons. The molecule has 2 aromatic heterocycles. The highest BCUT2D eigenvalue weighted by Gasteiger charge is 2.44. The van der Waals surface area contributed by atoms with Gasteiger partial charge in [-0.05, 0) is 41.3 Å². The number of rotatable bonds is 5. The summed E-state index contributed by atoms with van der Waals surface area (Å²) in [7, 11) is 4.81. The first-order valence-corrected chi connectivity index (χ1v) is 12.4. The molecule has 0 amide bonds. The zero-order valence-electron chi connectivity index (χ0n) is 21.9. The van der Waals surface area contributed by atoms with E-state index in [0.717, 1.165) is 16.9 Å². The fourth-order valence-electron chi connectivity index (χ4n) is 5.37. The van der Waals surface area contributed by atoms with Crippen molar-refractivity contribution in [1.29, 1.82) is 0 Å². The molecule has 2 aromatic carbocycles. The van der Waals surface area contributed by atoms with Crippen molar-refractivity contribution >= 4 is 11.4 Å². The molecule has 0 saturated heterocycles. The third-order valence-electron chi connectivity index (χ3n) is 7.15. The molecule has 0 N–H and O–H groups in total. The van der Waals surface area contributed by atoms with E-state index >= 15 is 0 Å². The van der Waals surface area contributed by atoms with Crippen LogP contribution in [-0.2, 0) is 4.79 Å². The smallest absolute Gasteiger partial charge is 0.228 e. The summed E-state index contributed by atoms with van der Waals surface area (Å²) in [5, 5.41) is 4.69. The number of ether oxygens (including phenoxy) is 4. The molecular formula is C29H28N4O5. The summed E-state index contributed by atoms with van der Waals surface area (Å²) in [5.41, 5.74) is 3.44. The zero-order chi connectivity index (χ0) is 26.6. The highest BCUT2D eigenvalue weighted by molar-refractivity contribution is 6.00. The number of aromatic nitrogens is 4. The number of carbonyl (C=O) groups is 1. The van der Waals surface area contributed by atoms with Crippen molar-refractivity contribution < 1.29 is 23.7 Å². The Labute approximate surface area is 220 Å². The van der Waals surface area contributed by atoms with Crippen LogP contribution in [0.3, 0.4) is 0 Å². The lowest BCUT2D eigenvalue weighted by Crippen LogP contribution is -2.33. The van der Waals surface area contributed by atoms with Crippen LogP contribution in [0.1, 0.15) is 43.7 Å². The number of ketones is 1. The van der Waals surface area contributed by atoms with Crippen molar-refractivity contribution in [3.8, 4) is 34.5 Å². The summed E-state index contributed by atoms with van der Waals surface area (Å²) in [6.45, 7) is 4.17. The molecule has 6 rings (SSSR count). The second-order valence-corrected chi connectivity index (χ2v) is 10.3. The normalized spacial score (nSPS) is 18.0. The lowest BCUT2D eigenvalue weighted by Gasteiger charge is -2.37. The van der Waals surface area contributed by atoms with Crippen LogP contribution in [0.2, 0.25) is 0 Å². The molecule has 0 saturated carbocycles. The van der Waals surface area contributed by atoms with Crippen molar-refractivity contribution in [3.63, 3.8) is 0 Å². The predicted octanol–water partition coefficient (Wildman–Crippen LogP) is 4.98. The summed E-state index contributed by atoms with van der Waals surface area (Å²) >= 11 is 0. The lowest BCUT2D eigenvalue weighted by atomic mass is 9.70. The van der Waals surface area contributed by atoms with Crippen molar-refractivity contribution in [3.05, 3.63) is 71.3 Å². The van der Waals surface area contributed by atoms with Crippen molar-refractivity contribution in [2.45, 2.75) is 32.6 Å². The van der Waals surface area contributed by atoms with E-state index in [2.05, 4.69) is 18.8 Å². The molecule has 0 spiro atoms. The maximum absolute atomic E-state index is 13.6. The largest absolute Gasteiger partial charge is 0.497 e. The molecule has 0 fully saturated rings. The van der Waals surface area contributed by atoms with Gasteiger partial charge in [0.1, 0.15) is 17.8 Å².